The third-order valence-corrected chi connectivity index (χ3v) is 1.58. The summed E-state index contributed by atoms with van der Waals surface area (Å²) in [5.74, 6) is 0.0345. The third kappa shape index (κ3) is 1.56. The van der Waals surface area contributed by atoms with Crippen LogP contribution in [-0.2, 0) is 14.3 Å². The average molecular weight is 142 g/mol. The number of rotatable bonds is 1. The van der Waals surface area contributed by atoms with Crippen LogP contribution in [0, 0.1) is 5.92 Å². The average Bonchev–Trinajstić information content (AvgIpc) is 1.85. The Morgan fingerprint density at radius 3 is 2.90 bits per heavy atom. The molecule has 1 unspecified atom stereocenters. The first kappa shape index (κ1) is 7.25. The molecule has 1 aliphatic rings. The Hall–Kier alpha value is -0.860. The van der Waals surface area contributed by atoms with Crippen LogP contribution >= 0.6 is 0 Å². The topological polar surface area (TPSA) is 43.4 Å². The molecule has 0 bridgehead atoms. The molecule has 0 aromatic heterocycles. The molecule has 1 saturated heterocycles. The van der Waals surface area contributed by atoms with Crippen molar-refractivity contribution < 1.29 is 14.3 Å². The van der Waals surface area contributed by atoms with Gasteiger partial charge < -0.3 is 4.74 Å². The van der Waals surface area contributed by atoms with E-state index in [4.69, 9.17) is 4.74 Å². The van der Waals surface area contributed by atoms with Crippen LogP contribution in [0.15, 0.2) is 0 Å². The van der Waals surface area contributed by atoms with E-state index in [0.29, 0.717) is 19.1 Å². The minimum Gasteiger partial charge on any atom is -0.455 e. The van der Waals surface area contributed by atoms with Crippen LogP contribution in [-0.4, -0.2) is 18.4 Å². The Labute approximate surface area is 59.4 Å². The molecule has 1 rings (SSSR count). The molecule has 0 spiro atoms. The summed E-state index contributed by atoms with van der Waals surface area (Å²) in [6.07, 6.45) is 1.32. The van der Waals surface area contributed by atoms with Crippen molar-refractivity contribution in [3.63, 3.8) is 0 Å². The summed E-state index contributed by atoms with van der Waals surface area (Å²) in [6.45, 7) is 1.94. The number of carbonyl (C=O) groups is 2. The van der Waals surface area contributed by atoms with Gasteiger partial charge in [0, 0.05) is 6.42 Å². The summed E-state index contributed by atoms with van der Waals surface area (Å²) < 4.78 is 4.70. The second kappa shape index (κ2) is 2.82. The number of hydrogen-bond donors (Lipinski definition) is 0. The monoisotopic (exact) mass is 142 g/mol. The number of carbonyl (C=O) groups excluding carboxylic acids is 2. The molecular formula is C7H10O3. The summed E-state index contributed by atoms with van der Waals surface area (Å²) in [4.78, 5) is 20.8. The lowest BCUT2D eigenvalue weighted by atomic mass is 9.98. The zero-order valence-electron chi connectivity index (χ0n) is 5.87. The van der Waals surface area contributed by atoms with E-state index in [0.717, 1.165) is 0 Å². The molecule has 2 atom stereocenters. The summed E-state index contributed by atoms with van der Waals surface area (Å²) in [6, 6.07) is 0. The fourth-order valence-electron chi connectivity index (χ4n) is 1.11. The van der Waals surface area contributed by atoms with Gasteiger partial charge in [-0.15, -0.1) is 0 Å². The van der Waals surface area contributed by atoms with Crippen molar-refractivity contribution in [2.75, 3.05) is 0 Å². The van der Waals surface area contributed by atoms with Gasteiger partial charge in [0.2, 0.25) is 0 Å². The molecular weight excluding hydrogens is 132 g/mol. The number of cyclic esters (lactones) is 1. The van der Waals surface area contributed by atoms with Crippen molar-refractivity contribution in [3.8, 4) is 0 Å². The Kier molecular flexibility index (Phi) is 2.04. The molecule has 0 radical (unpaired) electrons. The van der Waals surface area contributed by atoms with Crippen LogP contribution < -0.4 is 0 Å². The molecule has 0 aliphatic carbocycles. The highest BCUT2D eigenvalue weighted by Crippen LogP contribution is 2.18. The molecule has 1 heterocycles. The zero-order valence-corrected chi connectivity index (χ0v) is 5.87. The maximum absolute atomic E-state index is 10.7. The second-order valence-corrected chi connectivity index (χ2v) is 2.71. The van der Waals surface area contributed by atoms with E-state index in [1.54, 1.807) is 0 Å². The van der Waals surface area contributed by atoms with E-state index in [-0.39, 0.29) is 11.9 Å². The fraction of sp³-hybridized carbons (Fsp3) is 0.714. The van der Waals surface area contributed by atoms with Crippen molar-refractivity contribution >= 4 is 12.3 Å². The lowest BCUT2D eigenvalue weighted by Crippen LogP contribution is -2.29. The van der Waals surface area contributed by atoms with Gasteiger partial charge in [0.15, 0.2) is 12.4 Å². The summed E-state index contributed by atoms with van der Waals surface area (Å²) >= 11 is 0. The van der Waals surface area contributed by atoms with Gasteiger partial charge in [0.1, 0.15) is 0 Å². The van der Waals surface area contributed by atoms with Crippen molar-refractivity contribution in [1.29, 1.82) is 0 Å². The van der Waals surface area contributed by atoms with Crippen molar-refractivity contribution in [3.05, 3.63) is 0 Å². The smallest absolute Gasteiger partial charge is 0.306 e. The quantitative estimate of drug-likeness (QED) is 0.396. The van der Waals surface area contributed by atoms with Gasteiger partial charge in [-0.25, -0.2) is 0 Å². The van der Waals surface area contributed by atoms with Crippen LogP contribution in [0.3, 0.4) is 0 Å². The van der Waals surface area contributed by atoms with E-state index >= 15 is 0 Å². The maximum Gasteiger partial charge on any atom is 0.306 e. The van der Waals surface area contributed by atoms with Crippen LogP contribution in [0.5, 0.6) is 0 Å². The molecule has 0 amide bonds. The molecule has 0 aromatic rings. The lowest BCUT2D eigenvalue weighted by Gasteiger charge is -2.22. The zero-order chi connectivity index (χ0) is 7.56. The molecule has 0 N–H and O–H groups in total. The van der Waals surface area contributed by atoms with Gasteiger partial charge in [0.05, 0.1) is 0 Å². The molecule has 3 nitrogen and oxygen atoms in total. The second-order valence-electron chi connectivity index (χ2n) is 2.71. The SMILES string of the molecule is CC1CC(=O)O[C@H](C=O)C1. The Morgan fingerprint density at radius 2 is 2.40 bits per heavy atom. The standard InChI is InChI=1S/C7H10O3/c1-5-2-6(4-8)10-7(9)3-5/h4-6H,2-3H2,1H3/t5?,6-/m0/s1. The number of ether oxygens (including phenoxy) is 1. The predicted molar refractivity (Wildman–Crippen MR) is 34.3 cm³/mol. The van der Waals surface area contributed by atoms with E-state index in [1.807, 2.05) is 6.92 Å². The minimum absolute atomic E-state index is 0.254. The predicted octanol–water partition coefficient (Wildman–Crippen LogP) is 0.527. The van der Waals surface area contributed by atoms with Gasteiger partial charge in [-0.2, -0.15) is 0 Å². The highest BCUT2D eigenvalue weighted by molar-refractivity contribution is 5.74. The molecule has 0 aromatic carbocycles. The normalized spacial score (nSPS) is 33.1. The molecule has 3 heteroatoms. The largest absolute Gasteiger partial charge is 0.455 e. The van der Waals surface area contributed by atoms with Gasteiger partial charge in [-0.05, 0) is 12.3 Å². The van der Waals surface area contributed by atoms with E-state index < -0.39 is 6.10 Å². The molecule has 1 aliphatic heterocycles. The van der Waals surface area contributed by atoms with Gasteiger partial charge in [-0.3, -0.25) is 9.59 Å². The van der Waals surface area contributed by atoms with Crippen LogP contribution in [0.4, 0.5) is 0 Å². The van der Waals surface area contributed by atoms with Gasteiger partial charge in [-0.1, -0.05) is 6.92 Å². The highest BCUT2D eigenvalue weighted by Gasteiger charge is 2.24. The minimum atomic E-state index is -0.490. The van der Waals surface area contributed by atoms with Gasteiger partial charge in [0.25, 0.3) is 0 Å². The molecule has 56 valence electrons. The fourth-order valence-corrected chi connectivity index (χ4v) is 1.11. The number of esters is 1. The first-order valence-electron chi connectivity index (χ1n) is 3.37. The lowest BCUT2D eigenvalue weighted by molar-refractivity contribution is -0.158. The third-order valence-electron chi connectivity index (χ3n) is 1.58. The van der Waals surface area contributed by atoms with Crippen LogP contribution in [0.25, 0.3) is 0 Å². The van der Waals surface area contributed by atoms with Gasteiger partial charge >= 0.3 is 5.97 Å². The summed E-state index contributed by atoms with van der Waals surface area (Å²) in [7, 11) is 0. The van der Waals surface area contributed by atoms with Crippen LogP contribution in [0.1, 0.15) is 19.8 Å². The van der Waals surface area contributed by atoms with Crippen molar-refractivity contribution in [2.45, 2.75) is 25.9 Å². The highest BCUT2D eigenvalue weighted by atomic mass is 16.5. The maximum atomic E-state index is 10.7. The van der Waals surface area contributed by atoms with E-state index in [1.165, 1.54) is 0 Å². The summed E-state index contributed by atoms with van der Waals surface area (Å²) in [5, 5.41) is 0. The Bertz CT molecular complexity index is 153. The first-order valence-corrected chi connectivity index (χ1v) is 3.37. The van der Waals surface area contributed by atoms with Crippen LogP contribution in [0.2, 0.25) is 0 Å². The summed E-state index contributed by atoms with van der Waals surface area (Å²) in [5.41, 5.74) is 0. The molecule has 1 fully saturated rings. The Balaban J connectivity index is 2.50. The van der Waals surface area contributed by atoms with E-state index in [9.17, 15) is 9.59 Å². The first-order chi connectivity index (χ1) is 4.72. The van der Waals surface area contributed by atoms with Crippen molar-refractivity contribution in [1.82, 2.24) is 0 Å². The number of hydrogen-bond acceptors (Lipinski definition) is 3. The molecule has 10 heavy (non-hydrogen) atoms. The molecule has 0 saturated carbocycles. The Morgan fingerprint density at radius 1 is 1.70 bits per heavy atom. The number of aldehydes is 1. The van der Waals surface area contributed by atoms with E-state index in [2.05, 4.69) is 0 Å². The van der Waals surface area contributed by atoms with Crippen molar-refractivity contribution in [2.24, 2.45) is 5.92 Å².